The van der Waals surface area contributed by atoms with Crippen LogP contribution in [-0.4, -0.2) is 25.8 Å². The van der Waals surface area contributed by atoms with Gasteiger partial charge in [0.05, 0.1) is 6.04 Å². The van der Waals surface area contributed by atoms with Crippen LogP contribution in [0, 0.1) is 0 Å². The van der Waals surface area contributed by atoms with Crippen LogP contribution in [0.5, 0.6) is 0 Å². The van der Waals surface area contributed by atoms with Crippen LogP contribution < -0.4 is 5.32 Å². The first-order valence-corrected chi connectivity index (χ1v) is 6.04. The van der Waals surface area contributed by atoms with Gasteiger partial charge in [-0.15, -0.1) is 0 Å². The number of hydrogen-bond acceptors (Lipinski definition) is 4. The number of nitrogens with one attached hydrogen (secondary N) is 1. The van der Waals surface area contributed by atoms with E-state index in [1.54, 1.807) is 23.1 Å². The zero-order valence-electron chi connectivity index (χ0n) is 11.0. The molecule has 2 aromatic rings. The first-order valence-electron chi connectivity index (χ1n) is 6.04. The molecule has 1 N–H and O–H groups in total. The van der Waals surface area contributed by atoms with Gasteiger partial charge in [0, 0.05) is 24.6 Å². The van der Waals surface area contributed by atoms with Crippen LogP contribution in [0.15, 0.2) is 30.7 Å². The lowest BCUT2D eigenvalue weighted by Crippen LogP contribution is -2.28. The summed E-state index contributed by atoms with van der Waals surface area (Å²) in [6.45, 7) is 3.73. The quantitative estimate of drug-likeness (QED) is 0.938. The summed E-state index contributed by atoms with van der Waals surface area (Å²) in [6.07, 6.45) is 0.0412. The molecule has 2 aromatic heterocycles. The van der Waals surface area contributed by atoms with Crippen molar-refractivity contribution in [2.45, 2.75) is 32.1 Å². The highest BCUT2D eigenvalue weighted by molar-refractivity contribution is 5.27. The van der Waals surface area contributed by atoms with Gasteiger partial charge in [0.15, 0.2) is 0 Å². The van der Waals surface area contributed by atoms with Crippen molar-refractivity contribution in [1.29, 1.82) is 0 Å². The van der Waals surface area contributed by atoms with E-state index in [9.17, 15) is 13.2 Å². The number of rotatable bonds is 4. The minimum Gasteiger partial charge on any atom is -0.350 e. The molecule has 0 aliphatic carbocycles. The molecule has 108 valence electrons. The van der Waals surface area contributed by atoms with Crippen LogP contribution in [0.3, 0.4) is 0 Å². The molecule has 2 heterocycles. The number of aromatic nitrogens is 4. The van der Waals surface area contributed by atoms with Gasteiger partial charge in [-0.2, -0.15) is 18.3 Å². The monoisotopic (exact) mass is 285 g/mol. The smallest absolute Gasteiger partial charge is 0.350 e. The van der Waals surface area contributed by atoms with E-state index >= 15 is 0 Å². The molecule has 8 heteroatoms. The molecule has 0 saturated carbocycles. The van der Waals surface area contributed by atoms with Crippen molar-refractivity contribution in [2.24, 2.45) is 0 Å². The van der Waals surface area contributed by atoms with E-state index in [4.69, 9.17) is 0 Å². The van der Waals surface area contributed by atoms with Crippen LogP contribution in [0.2, 0.25) is 0 Å². The largest absolute Gasteiger partial charge is 0.433 e. The van der Waals surface area contributed by atoms with E-state index in [-0.39, 0.29) is 18.0 Å². The van der Waals surface area contributed by atoms with Crippen LogP contribution in [-0.2, 0) is 6.18 Å². The Labute approximate surface area is 113 Å². The summed E-state index contributed by atoms with van der Waals surface area (Å²) in [7, 11) is 0. The van der Waals surface area contributed by atoms with E-state index in [1.165, 1.54) is 0 Å². The molecule has 5 nitrogen and oxygen atoms in total. The maximum atomic E-state index is 12.6. The van der Waals surface area contributed by atoms with Crippen molar-refractivity contribution in [2.75, 3.05) is 5.32 Å². The van der Waals surface area contributed by atoms with Crippen molar-refractivity contribution >= 4 is 5.95 Å². The summed E-state index contributed by atoms with van der Waals surface area (Å²) in [5, 5.41) is 6.95. The Morgan fingerprint density at radius 3 is 2.60 bits per heavy atom. The SMILES string of the molecule is C[C@@H](Nc1nccc(C(F)(F)F)n1)[C@H](C)n1cccn1. The lowest BCUT2D eigenvalue weighted by Gasteiger charge is -2.21. The van der Waals surface area contributed by atoms with Crippen LogP contribution in [0.1, 0.15) is 25.6 Å². The summed E-state index contributed by atoms with van der Waals surface area (Å²) >= 11 is 0. The third-order valence-electron chi connectivity index (χ3n) is 2.97. The highest BCUT2D eigenvalue weighted by Gasteiger charge is 2.33. The molecule has 2 atom stereocenters. The summed E-state index contributed by atoms with van der Waals surface area (Å²) in [5.74, 6) is -0.0497. The molecule has 0 aliphatic heterocycles. The molecule has 0 saturated heterocycles. The molecule has 0 fully saturated rings. The molecular formula is C12H14F3N5. The summed E-state index contributed by atoms with van der Waals surface area (Å²) in [5.41, 5.74) is -0.964. The Morgan fingerprint density at radius 2 is 2.00 bits per heavy atom. The molecule has 0 aliphatic rings. The van der Waals surface area contributed by atoms with E-state index in [0.717, 1.165) is 12.3 Å². The first kappa shape index (κ1) is 14.3. The van der Waals surface area contributed by atoms with Gasteiger partial charge in [-0.1, -0.05) is 0 Å². The fraction of sp³-hybridized carbons (Fsp3) is 0.417. The maximum Gasteiger partial charge on any atom is 0.433 e. The average Bonchev–Trinajstić information content (AvgIpc) is 2.91. The second-order valence-corrected chi connectivity index (χ2v) is 4.42. The Bertz CT molecular complexity index is 552. The van der Waals surface area contributed by atoms with E-state index in [1.807, 2.05) is 13.8 Å². The van der Waals surface area contributed by atoms with Gasteiger partial charge in [0.1, 0.15) is 5.69 Å². The minimum atomic E-state index is -4.48. The average molecular weight is 285 g/mol. The highest BCUT2D eigenvalue weighted by Crippen LogP contribution is 2.27. The molecule has 20 heavy (non-hydrogen) atoms. The van der Waals surface area contributed by atoms with Crippen molar-refractivity contribution in [1.82, 2.24) is 19.7 Å². The van der Waals surface area contributed by atoms with Crippen molar-refractivity contribution in [3.8, 4) is 0 Å². The van der Waals surface area contributed by atoms with E-state index in [0.29, 0.717) is 0 Å². The predicted octanol–water partition coefficient (Wildman–Crippen LogP) is 2.75. The van der Waals surface area contributed by atoms with Gasteiger partial charge in [0.25, 0.3) is 0 Å². The van der Waals surface area contributed by atoms with Crippen LogP contribution >= 0.6 is 0 Å². The lowest BCUT2D eigenvalue weighted by molar-refractivity contribution is -0.141. The van der Waals surface area contributed by atoms with Crippen molar-refractivity contribution in [3.63, 3.8) is 0 Å². The minimum absolute atomic E-state index is 0.0497. The number of alkyl halides is 3. The molecule has 0 amide bonds. The fourth-order valence-corrected chi connectivity index (χ4v) is 1.66. The van der Waals surface area contributed by atoms with Gasteiger partial charge in [0.2, 0.25) is 5.95 Å². The van der Waals surface area contributed by atoms with Crippen molar-refractivity contribution in [3.05, 3.63) is 36.4 Å². The second kappa shape index (κ2) is 5.48. The third-order valence-corrected chi connectivity index (χ3v) is 2.97. The Kier molecular flexibility index (Phi) is 3.91. The fourth-order valence-electron chi connectivity index (χ4n) is 1.66. The molecular weight excluding hydrogens is 271 g/mol. The number of nitrogens with zero attached hydrogens (tertiary/aromatic N) is 4. The van der Waals surface area contributed by atoms with E-state index in [2.05, 4.69) is 20.4 Å². The lowest BCUT2D eigenvalue weighted by atomic mass is 10.2. The Morgan fingerprint density at radius 1 is 1.25 bits per heavy atom. The van der Waals surface area contributed by atoms with Gasteiger partial charge < -0.3 is 5.32 Å². The Balaban J connectivity index is 2.10. The van der Waals surface area contributed by atoms with E-state index < -0.39 is 11.9 Å². The van der Waals surface area contributed by atoms with Crippen LogP contribution in [0.25, 0.3) is 0 Å². The number of anilines is 1. The van der Waals surface area contributed by atoms with Crippen molar-refractivity contribution < 1.29 is 13.2 Å². The maximum absolute atomic E-state index is 12.6. The first-order chi connectivity index (χ1) is 9.38. The number of halogens is 3. The van der Waals surface area contributed by atoms with Gasteiger partial charge in [-0.05, 0) is 26.0 Å². The predicted molar refractivity (Wildman–Crippen MR) is 67.1 cm³/mol. The zero-order chi connectivity index (χ0) is 14.8. The standard InChI is InChI=1S/C12H14F3N5/c1-8(9(2)20-7-3-5-17-20)18-11-16-6-4-10(19-11)12(13,14)15/h3-9H,1-2H3,(H,16,18,19)/t8-,9+/m1/s1. The zero-order valence-corrected chi connectivity index (χ0v) is 11.0. The Hall–Kier alpha value is -2.12. The summed E-state index contributed by atoms with van der Waals surface area (Å²) in [4.78, 5) is 7.28. The van der Waals surface area contributed by atoms with Gasteiger partial charge in [-0.25, -0.2) is 9.97 Å². The molecule has 0 aromatic carbocycles. The second-order valence-electron chi connectivity index (χ2n) is 4.42. The molecule has 0 bridgehead atoms. The summed E-state index contributed by atoms with van der Waals surface area (Å²) < 4.78 is 39.4. The molecule has 0 unspecified atom stereocenters. The van der Waals surface area contributed by atoms with Gasteiger partial charge in [-0.3, -0.25) is 4.68 Å². The van der Waals surface area contributed by atoms with Crippen LogP contribution in [0.4, 0.5) is 19.1 Å². The number of hydrogen-bond donors (Lipinski definition) is 1. The highest BCUT2D eigenvalue weighted by atomic mass is 19.4. The normalized spacial score (nSPS) is 14.8. The molecule has 0 radical (unpaired) electrons. The topological polar surface area (TPSA) is 55.6 Å². The molecule has 2 rings (SSSR count). The third kappa shape index (κ3) is 3.25. The molecule has 0 spiro atoms. The van der Waals surface area contributed by atoms with Gasteiger partial charge >= 0.3 is 6.18 Å². The summed E-state index contributed by atoms with van der Waals surface area (Å²) in [6, 6.07) is 2.39.